The molecular weight excluding hydrogens is 437 g/mol. The van der Waals surface area contributed by atoms with Gasteiger partial charge < -0.3 is 9.80 Å². The predicted molar refractivity (Wildman–Crippen MR) is 121 cm³/mol. The zero-order valence-corrected chi connectivity index (χ0v) is 19.3. The minimum absolute atomic E-state index is 0.0594. The van der Waals surface area contributed by atoms with Gasteiger partial charge in [-0.25, -0.2) is 9.97 Å². The Hall–Kier alpha value is -2.68. The van der Waals surface area contributed by atoms with Crippen LogP contribution in [0, 0.1) is 13.8 Å². The second-order valence-corrected chi connectivity index (χ2v) is 9.58. The maximum absolute atomic E-state index is 13.0. The van der Waals surface area contributed by atoms with Gasteiger partial charge in [-0.2, -0.15) is 13.2 Å². The molecule has 0 N–H and O–H groups in total. The highest BCUT2D eigenvalue weighted by atomic mass is 32.1. The number of alkyl halides is 3. The van der Waals surface area contributed by atoms with Crippen molar-refractivity contribution in [3.8, 4) is 0 Å². The van der Waals surface area contributed by atoms with E-state index in [1.165, 1.54) is 17.0 Å². The highest BCUT2D eigenvalue weighted by Gasteiger charge is 2.32. The van der Waals surface area contributed by atoms with Crippen LogP contribution in [0.15, 0.2) is 24.3 Å². The van der Waals surface area contributed by atoms with Crippen LogP contribution in [0.1, 0.15) is 52.0 Å². The van der Waals surface area contributed by atoms with Crippen LogP contribution in [0.4, 0.5) is 19.0 Å². The average Bonchev–Trinajstić information content (AvgIpc) is 3.05. The van der Waals surface area contributed by atoms with Crippen molar-refractivity contribution < 1.29 is 18.0 Å². The second-order valence-electron chi connectivity index (χ2n) is 8.38. The molecule has 4 rings (SSSR count). The number of carbonyl (C=O) groups excluding carboxylic acids is 1. The quantitative estimate of drug-likeness (QED) is 0.522. The van der Waals surface area contributed by atoms with E-state index in [0.29, 0.717) is 26.2 Å². The molecule has 0 saturated carbocycles. The lowest BCUT2D eigenvalue weighted by Gasteiger charge is -2.36. The van der Waals surface area contributed by atoms with E-state index in [0.717, 1.165) is 39.6 Å². The molecule has 0 aliphatic carbocycles. The largest absolute Gasteiger partial charge is 0.416 e. The SMILES string of the molecule is Cc1sc2nc(C(C)C)nc(N3CCN(C(=O)c4cccc(C(F)(F)F)c4)CC3)c2c1C. The molecule has 1 aromatic carbocycles. The summed E-state index contributed by atoms with van der Waals surface area (Å²) in [6, 6.07) is 4.62. The second kappa shape index (κ2) is 8.35. The number of aryl methyl sites for hydroxylation is 2. The maximum atomic E-state index is 13.0. The van der Waals surface area contributed by atoms with Crippen molar-refractivity contribution in [2.45, 2.75) is 39.8 Å². The van der Waals surface area contributed by atoms with E-state index in [9.17, 15) is 18.0 Å². The highest BCUT2D eigenvalue weighted by molar-refractivity contribution is 7.18. The number of hydrogen-bond donors (Lipinski definition) is 0. The fourth-order valence-corrected chi connectivity index (χ4v) is 4.89. The number of hydrogen-bond acceptors (Lipinski definition) is 5. The summed E-state index contributed by atoms with van der Waals surface area (Å²) in [5.41, 5.74) is 0.414. The van der Waals surface area contributed by atoms with Gasteiger partial charge in [0.25, 0.3) is 5.91 Å². The Balaban J connectivity index is 1.57. The van der Waals surface area contributed by atoms with Gasteiger partial charge in [0.1, 0.15) is 16.5 Å². The number of benzene rings is 1. The van der Waals surface area contributed by atoms with Crippen LogP contribution in [-0.2, 0) is 6.18 Å². The summed E-state index contributed by atoms with van der Waals surface area (Å²) in [6.45, 7) is 10.2. The van der Waals surface area contributed by atoms with Gasteiger partial charge in [0.2, 0.25) is 0 Å². The van der Waals surface area contributed by atoms with Crippen LogP contribution in [-0.4, -0.2) is 47.0 Å². The molecule has 0 spiro atoms. The number of amides is 1. The minimum Gasteiger partial charge on any atom is -0.352 e. The summed E-state index contributed by atoms with van der Waals surface area (Å²) in [7, 11) is 0. The van der Waals surface area contributed by atoms with Crippen LogP contribution >= 0.6 is 11.3 Å². The first kappa shape index (κ1) is 22.5. The first-order valence-corrected chi connectivity index (χ1v) is 11.4. The van der Waals surface area contributed by atoms with E-state index in [-0.39, 0.29) is 17.4 Å². The molecule has 0 unspecified atom stereocenters. The molecule has 9 heteroatoms. The lowest BCUT2D eigenvalue weighted by molar-refractivity contribution is -0.137. The molecule has 32 heavy (non-hydrogen) atoms. The van der Waals surface area contributed by atoms with Gasteiger partial charge in [-0.1, -0.05) is 19.9 Å². The number of thiophene rings is 1. The first-order valence-electron chi connectivity index (χ1n) is 10.6. The third-order valence-corrected chi connectivity index (χ3v) is 6.95. The van der Waals surface area contributed by atoms with Gasteiger partial charge in [-0.15, -0.1) is 11.3 Å². The predicted octanol–water partition coefficient (Wildman–Crippen LogP) is 5.41. The zero-order chi connectivity index (χ0) is 23.2. The van der Waals surface area contributed by atoms with Gasteiger partial charge in [0.05, 0.1) is 10.9 Å². The molecule has 170 valence electrons. The minimum atomic E-state index is -4.47. The normalized spacial score (nSPS) is 15.1. The number of carbonyl (C=O) groups is 1. The molecule has 2 aromatic heterocycles. The lowest BCUT2D eigenvalue weighted by atomic mass is 10.1. The zero-order valence-electron chi connectivity index (χ0n) is 18.5. The van der Waals surface area contributed by atoms with E-state index in [2.05, 4.69) is 32.6 Å². The standard InChI is InChI=1S/C23H25F3N4OS/c1-13(2)19-27-20(18-14(3)15(4)32-21(18)28-19)29-8-10-30(11-9-29)22(31)16-6-5-7-17(12-16)23(24,25)26/h5-7,12-13H,8-11H2,1-4H3. The Bertz CT molecular complexity index is 1160. The number of aromatic nitrogens is 2. The number of nitrogens with zero attached hydrogens (tertiary/aromatic N) is 4. The Morgan fingerprint density at radius 1 is 1.09 bits per heavy atom. The van der Waals surface area contributed by atoms with Crippen LogP contribution in [0.25, 0.3) is 10.2 Å². The summed E-state index contributed by atoms with van der Waals surface area (Å²) in [6.07, 6.45) is -4.47. The van der Waals surface area contributed by atoms with Crippen LogP contribution in [0.5, 0.6) is 0 Å². The fraction of sp³-hybridized carbons (Fsp3) is 0.435. The Kier molecular flexibility index (Phi) is 5.87. The number of rotatable bonds is 3. The van der Waals surface area contributed by atoms with Crippen molar-refractivity contribution in [3.05, 3.63) is 51.7 Å². The molecule has 3 heterocycles. The van der Waals surface area contributed by atoms with Crippen LogP contribution in [0.3, 0.4) is 0 Å². The molecule has 1 fully saturated rings. The van der Waals surface area contributed by atoms with Gasteiger partial charge >= 0.3 is 6.18 Å². The third-order valence-electron chi connectivity index (χ3n) is 5.85. The van der Waals surface area contributed by atoms with Gasteiger partial charge in [-0.3, -0.25) is 4.79 Å². The van der Waals surface area contributed by atoms with Crippen molar-refractivity contribution >= 4 is 33.3 Å². The number of anilines is 1. The van der Waals surface area contributed by atoms with E-state index < -0.39 is 11.7 Å². The monoisotopic (exact) mass is 462 g/mol. The van der Waals surface area contributed by atoms with Gasteiger partial charge in [0, 0.05) is 42.5 Å². The topological polar surface area (TPSA) is 49.3 Å². The molecule has 3 aromatic rings. The molecule has 1 amide bonds. The molecule has 5 nitrogen and oxygen atoms in total. The van der Waals surface area contributed by atoms with Crippen molar-refractivity contribution in [2.75, 3.05) is 31.1 Å². The summed E-state index contributed by atoms with van der Waals surface area (Å²) in [5.74, 6) is 1.47. The molecule has 0 radical (unpaired) electrons. The summed E-state index contributed by atoms with van der Waals surface area (Å²) >= 11 is 1.66. The van der Waals surface area contributed by atoms with Crippen molar-refractivity contribution in [1.29, 1.82) is 0 Å². The Labute approximate surface area is 188 Å². The van der Waals surface area contributed by atoms with Crippen molar-refractivity contribution in [1.82, 2.24) is 14.9 Å². The summed E-state index contributed by atoms with van der Waals surface area (Å²) < 4.78 is 39.1. The first-order chi connectivity index (χ1) is 15.1. The maximum Gasteiger partial charge on any atom is 0.416 e. The van der Waals surface area contributed by atoms with Crippen LogP contribution < -0.4 is 4.90 Å². The molecule has 0 bridgehead atoms. The molecule has 1 saturated heterocycles. The average molecular weight is 463 g/mol. The number of piperazine rings is 1. The fourth-order valence-electron chi connectivity index (χ4n) is 3.86. The molecular formula is C23H25F3N4OS. The summed E-state index contributed by atoms with van der Waals surface area (Å²) in [4.78, 5) is 28.4. The number of fused-ring (bicyclic) bond motifs is 1. The third kappa shape index (κ3) is 4.18. The summed E-state index contributed by atoms with van der Waals surface area (Å²) in [5, 5.41) is 1.05. The van der Waals surface area contributed by atoms with E-state index in [1.54, 1.807) is 16.2 Å². The Morgan fingerprint density at radius 3 is 2.41 bits per heavy atom. The van der Waals surface area contributed by atoms with Crippen molar-refractivity contribution in [3.63, 3.8) is 0 Å². The van der Waals surface area contributed by atoms with Gasteiger partial charge in [0.15, 0.2) is 0 Å². The van der Waals surface area contributed by atoms with Crippen molar-refractivity contribution in [2.24, 2.45) is 0 Å². The van der Waals surface area contributed by atoms with E-state index in [1.807, 2.05) is 0 Å². The lowest BCUT2D eigenvalue weighted by Crippen LogP contribution is -2.49. The number of halogens is 3. The van der Waals surface area contributed by atoms with E-state index >= 15 is 0 Å². The smallest absolute Gasteiger partial charge is 0.352 e. The van der Waals surface area contributed by atoms with Crippen LogP contribution in [0.2, 0.25) is 0 Å². The van der Waals surface area contributed by atoms with E-state index in [4.69, 9.17) is 9.97 Å². The Morgan fingerprint density at radius 2 is 1.78 bits per heavy atom. The highest BCUT2D eigenvalue weighted by Crippen LogP contribution is 2.36. The molecule has 1 aliphatic heterocycles. The van der Waals surface area contributed by atoms with Gasteiger partial charge in [-0.05, 0) is 37.6 Å². The molecule has 1 aliphatic rings. The molecule has 0 atom stereocenters.